The second kappa shape index (κ2) is 5.77. The average molecular weight is 270 g/mol. The van der Waals surface area contributed by atoms with Crippen molar-refractivity contribution in [3.05, 3.63) is 15.6 Å². The van der Waals surface area contributed by atoms with Gasteiger partial charge in [0.15, 0.2) is 0 Å². The van der Waals surface area contributed by atoms with Crippen molar-refractivity contribution in [3.63, 3.8) is 0 Å². The minimum Gasteiger partial charge on any atom is -0.477 e. The van der Waals surface area contributed by atoms with E-state index in [1.165, 1.54) is 11.3 Å². The molecule has 0 radical (unpaired) electrons. The molecule has 1 aliphatic rings. The first-order valence-electron chi connectivity index (χ1n) is 6.08. The van der Waals surface area contributed by atoms with Crippen LogP contribution in [0.3, 0.4) is 0 Å². The minimum absolute atomic E-state index is 0.264. The Morgan fingerprint density at radius 2 is 2.22 bits per heavy atom. The molecule has 0 spiro atoms. The number of hydrogen-bond donors (Lipinski definition) is 1. The fourth-order valence-corrected chi connectivity index (χ4v) is 3.02. The van der Waals surface area contributed by atoms with E-state index in [0.29, 0.717) is 10.6 Å². The lowest BCUT2D eigenvalue weighted by molar-refractivity contribution is 0.0357. The Labute approximate surface area is 110 Å². The van der Waals surface area contributed by atoms with Gasteiger partial charge in [0.25, 0.3) is 0 Å². The summed E-state index contributed by atoms with van der Waals surface area (Å²) in [5, 5.41) is 9.94. The lowest BCUT2D eigenvalue weighted by atomic mass is 10.1. The van der Waals surface area contributed by atoms with Crippen LogP contribution in [-0.2, 0) is 4.74 Å². The molecule has 1 N–H and O–H groups in total. The molecule has 0 aromatic carbocycles. The van der Waals surface area contributed by atoms with Crippen LogP contribution >= 0.6 is 11.3 Å². The molecule has 1 aliphatic heterocycles. The van der Waals surface area contributed by atoms with E-state index in [4.69, 9.17) is 9.84 Å². The Morgan fingerprint density at radius 3 is 2.78 bits per heavy atom. The molecule has 18 heavy (non-hydrogen) atoms. The van der Waals surface area contributed by atoms with Gasteiger partial charge in [-0.3, -0.25) is 4.90 Å². The maximum atomic E-state index is 11.0. The third-order valence-corrected chi connectivity index (χ3v) is 4.44. The molecule has 2 rings (SSSR count). The molecule has 1 unspecified atom stereocenters. The van der Waals surface area contributed by atoms with Gasteiger partial charge in [0.05, 0.1) is 23.9 Å². The molecule has 1 saturated heterocycles. The first kappa shape index (κ1) is 13.5. The Hall–Kier alpha value is -0.980. The summed E-state index contributed by atoms with van der Waals surface area (Å²) in [5.74, 6) is -0.616. The van der Waals surface area contributed by atoms with Crippen molar-refractivity contribution in [2.24, 2.45) is 0 Å². The topological polar surface area (TPSA) is 62.7 Å². The second-order valence-electron chi connectivity index (χ2n) is 4.59. The van der Waals surface area contributed by atoms with Crippen LogP contribution in [0.25, 0.3) is 0 Å². The van der Waals surface area contributed by atoms with Crippen molar-refractivity contribution >= 4 is 17.3 Å². The maximum absolute atomic E-state index is 11.0. The minimum atomic E-state index is -0.880. The number of hydrogen-bond acceptors (Lipinski definition) is 5. The third-order valence-electron chi connectivity index (χ3n) is 3.06. The van der Waals surface area contributed by atoms with Gasteiger partial charge in [0, 0.05) is 25.6 Å². The zero-order valence-electron chi connectivity index (χ0n) is 10.7. The number of rotatable bonds is 4. The lowest BCUT2D eigenvalue weighted by Gasteiger charge is -2.28. The number of nitrogens with zero attached hydrogens (tertiary/aromatic N) is 2. The number of aromatic carboxylic acids is 1. The van der Waals surface area contributed by atoms with Gasteiger partial charge in [-0.2, -0.15) is 0 Å². The molecule has 0 bridgehead atoms. The first-order valence-corrected chi connectivity index (χ1v) is 6.90. The Bertz CT molecular complexity index is 427. The van der Waals surface area contributed by atoms with Crippen LogP contribution in [0.5, 0.6) is 0 Å². The third kappa shape index (κ3) is 3.07. The van der Waals surface area contributed by atoms with Crippen molar-refractivity contribution in [2.75, 3.05) is 32.8 Å². The van der Waals surface area contributed by atoms with Gasteiger partial charge in [-0.1, -0.05) is 6.92 Å². The van der Waals surface area contributed by atoms with E-state index in [0.717, 1.165) is 37.9 Å². The van der Waals surface area contributed by atoms with Crippen molar-refractivity contribution in [2.45, 2.75) is 19.8 Å². The van der Waals surface area contributed by atoms with Crippen LogP contribution < -0.4 is 0 Å². The maximum Gasteiger partial charge on any atom is 0.347 e. The Kier molecular flexibility index (Phi) is 4.31. The molecule has 6 heteroatoms. The molecular formula is C12H18N2O3S. The Balaban J connectivity index is 2.01. The van der Waals surface area contributed by atoms with Crippen LogP contribution in [0, 0.1) is 6.92 Å². The molecule has 100 valence electrons. The van der Waals surface area contributed by atoms with Gasteiger partial charge in [-0.25, -0.2) is 9.78 Å². The van der Waals surface area contributed by atoms with Gasteiger partial charge in [-0.05, 0) is 6.92 Å². The first-order chi connectivity index (χ1) is 8.58. The number of ether oxygens (including phenoxy) is 1. The van der Waals surface area contributed by atoms with Gasteiger partial charge < -0.3 is 9.84 Å². The van der Waals surface area contributed by atoms with Crippen LogP contribution in [0.15, 0.2) is 0 Å². The van der Waals surface area contributed by atoms with Crippen LogP contribution in [0.1, 0.15) is 33.2 Å². The van der Waals surface area contributed by atoms with Gasteiger partial charge in [-0.15, -0.1) is 11.3 Å². The molecule has 1 aromatic rings. The average Bonchev–Trinajstić information content (AvgIpc) is 2.73. The zero-order valence-corrected chi connectivity index (χ0v) is 11.5. The largest absolute Gasteiger partial charge is 0.477 e. The van der Waals surface area contributed by atoms with Crippen molar-refractivity contribution < 1.29 is 14.6 Å². The van der Waals surface area contributed by atoms with Gasteiger partial charge >= 0.3 is 5.97 Å². The smallest absolute Gasteiger partial charge is 0.347 e. The SMILES string of the molecule is Cc1nc(C(C)CN2CCOCC2)sc1C(=O)O. The molecule has 1 atom stereocenters. The highest BCUT2D eigenvalue weighted by molar-refractivity contribution is 7.13. The van der Waals surface area contributed by atoms with Crippen LogP contribution in [-0.4, -0.2) is 53.8 Å². The van der Waals surface area contributed by atoms with E-state index in [9.17, 15) is 4.79 Å². The van der Waals surface area contributed by atoms with Crippen LogP contribution in [0.2, 0.25) is 0 Å². The number of aromatic nitrogens is 1. The molecule has 5 nitrogen and oxygen atoms in total. The normalized spacial score (nSPS) is 18.8. The highest BCUT2D eigenvalue weighted by Gasteiger charge is 2.20. The number of carboxylic acids is 1. The summed E-state index contributed by atoms with van der Waals surface area (Å²) in [6.07, 6.45) is 0. The zero-order chi connectivity index (χ0) is 13.1. The van der Waals surface area contributed by atoms with Crippen molar-refractivity contribution in [1.82, 2.24) is 9.88 Å². The highest BCUT2D eigenvalue weighted by Crippen LogP contribution is 2.25. The van der Waals surface area contributed by atoms with E-state index in [-0.39, 0.29) is 5.92 Å². The van der Waals surface area contributed by atoms with Crippen molar-refractivity contribution in [1.29, 1.82) is 0 Å². The van der Waals surface area contributed by atoms with E-state index < -0.39 is 5.97 Å². The monoisotopic (exact) mass is 270 g/mol. The number of carboxylic acid groups (broad SMARTS) is 1. The highest BCUT2D eigenvalue weighted by atomic mass is 32.1. The molecule has 0 amide bonds. The number of carbonyl (C=O) groups is 1. The summed E-state index contributed by atoms with van der Waals surface area (Å²) < 4.78 is 5.31. The quantitative estimate of drug-likeness (QED) is 0.900. The van der Waals surface area contributed by atoms with Crippen molar-refractivity contribution in [3.8, 4) is 0 Å². The lowest BCUT2D eigenvalue weighted by Crippen LogP contribution is -2.38. The molecule has 1 fully saturated rings. The second-order valence-corrected chi connectivity index (χ2v) is 5.62. The molecule has 2 heterocycles. The number of thiazole rings is 1. The van der Waals surface area contributed by atoms with E-state index in [1.54, 1.807) is 6.92 Å². The summed E-state index contributed by atoms with van der Waals surface area (Å²) >= 11 is 1.30. The molecule has 0 saturated carbocycles. The fourth-order valence-electron chi connectivity index (χ4n) is 2.08. The summed E-state index contributed by atoms with van der Waals surface area (Å²) in [7, 11) is 0. The van der Waals surface area contributed by atoms with Crippen LogP contribution in [0.4, 0.5) is 0 Å². The fraction of sp³-hybridized carbons (Fsp3) is 0.667. The summed E-state index contributed by atoms with van der Waals surface area (Å²) in [5.41, 5.74) is 0.622. The van der Waals surface area contributed by atoms with Gasteiger partial charge in [0.1, 0.15) is 4.88 Å². The predicted octanol–water partition coefficient (Wildman–Crippen LogP) is 1.59. The Morgan fingerprint density at radius 1 is 1.56 bits per heavy atom. The molecule has 1 aromatic heterocycles. The molecule has 0 aliphatic carbocycles. The summed E-state index contributed by atoms with van der Waals surface area (Å²) in [6, 6.07) is 0. The van der Waals surface area contributed by atoms with Gasteiger partial charge in [0.2, 0.25) is 0 Å². The van der Waals surface area contributed by atoms with E-state index in [2.05, 4.69) is 16.8 Å². The molecular weight excluding hydrogens is 252 g/mol. The van der Waals surface area contributed by atoms with E-state index in [1.807, 2.05) is 0 Å². The predicted molar refractivity (Wildman–Crippen MR) is 69.5 cm³/mol. The van der Waals surface area contributed by atoms with E-state index >= 15 is 0 Å². The standard InChI is InChI=1S/C12H18N2O3S/c1-8(7-14-3-5-17-6-4-14)11-13-9(2)10(18-11)12(15)16/h8H,3-7H2,1-2H3,(H,15,16). The summed E-state index contributed by atoms with van der Waals surface area (Å²) in [6.45, 7) is 8.22. The number of aryl methyl sites for hydroxylation is 1. The summed E-state index contributed by atoms with van der Waals surface area (Å²) in [4.78, 5) is 18.1. The number of morpholine rings is 1.